The van der Waals surface area contributed by atoms with E-state index in [0.717, 1.165) is 18.4 Å². The largest absolute Gasteiger partial charge is 0.445 e. The third kappa shape index (κ3) is 14.3. The van der Waals surface area contributed by atoms with Gasteiger partial charge in [-0.05, 0) is 75.0 Å². The van der Waals surface area contributed by atoms with Crippen LogP contribution in [0.4, 0.5) is 4.79 Å². The molecule has 67 heavy (non-hydrogen) atoms. The molecular weight excluding hydrogens is 1010 g/mol. The van der Waals surface area contributed by atoms with E-state index in [1.54, 1.807) is 70.7 Å². The summed E-state index contributed by atoms with van der Waals surface area (Å²) in [6.45, 7) is 15.5. The number of likely N-dealkylation sites (tertiary alicyclic amines) is 1. The van der Waals surface area contributed by atoms with Gasteiger partial charge in [-0.3, -0.25) is 24.1 Å². The van der Waals surface area contributed by atoms with Crippen molar-refractivity contribution in [3.05, 3.63) is 71.3 Å². The topological polar surface area (TPSA) is 167 Å². The van der Waals surface area contributed by atoms with Crippen molar-refractivity contribution in [2.24, 2.45) is 23.7 Å². The summed E-state index contributed by atoms with van der Waals surface area (Å²) in [5.41, 5.74) is 3.09. The smallest absolute Gasteiger partial charge is 0.410 e. The third-order valence-electron chi connectivity index (χ3n) is 13.9. The number of fused-ring (bicyclic) bond motifs is 1. The average Bonchev–Trinajstić information content (AvgIpc) is 3.80. The van der Waals surface area contributed by atoms with Crippen LogP contribution in [-0.2, 0) is 39.8 Å². The van der Waals surface area contributed by atoms with E-state index in [0.29, 0.717) is 31.4 Å². The fraction of sp³-hybridized carbons (Fsp3) is 0.660. The van der Waals surface area contributed by atoms with Gasteiger partial charge in [0.15, 0.2) is 0 Å². The van der Waals surface area contributed by atoms with Gasteiger partial charge in [0.2, 0.25) is 23.6 Å². The van der Waals surface area contributed by atoms with Crippen LogP contribution in [-0.4, -0.2) is 133 Å². The number of rotatable bonds is 23. The molecule has 0 radical (unpaired) electrons. The predicted octanol–water partition coefficient (Wildman–Crippen LogP) is 8.17. The Bertz CT molecular complexity index is 1930. The summed E-state index contributed by atoms with van der Waals surface area (Å²) in [5, 5.41) is 16.8. The van der Waals surface area contributed by atoms with E-state index in [9.17, 15) is 29.1 Å². The monoisotopic (exact) mass is 1080 g/mol. The summed E-state index contributed by atoms with van der Waals surface area (Å²) in [5.74, 6) is -2.64. The molecule has 1 fully saturated rings. The van der Waals surface area contributed by atoms with Crippen LogP contribution < -0.4 is 10.6 Å². The molecule has 374 valence electrons. The molecular formula is C50H76IN5O9S2. The van der Waals surface area contributed by atoms with Crippen LogP contribution in [0.1, 0.15) is 116 Å². The molecule has 1 saturated heterocycles. The van der Waals surface area contributed by atoms with Crippen molar-refractivity contribution in [3.63, 3.8) is 0 Å². The predicted molar refractivity (Wildman–Crippen MR) is 275 cm³/mol. The molecule has 12 atom stereocenters. The number of hydrogen-bond donors (Lipinski definition) is 3. The van der Waals surface area contributed by atoms with E-state index in [1.165, 1.54) is 10.5 Å². The molecule has 14 nitrogen and oxygen atoms in total. The van der Waals surface area contributed by atoms with Crippen molar-refractivity contribution in [2.75, 3.05) is 34.9 Å². The summed E-state index contributed by atoms with van der Waals surface area (Å²) in [4.78, 5) is 75.6. The van der Waals surface area contributed by atoms with Gasteiger partial charge in [-0.15, -0.1) is 0 Å². The van der Waals surface area contributed by atoms with Crippen molar-refractivity contribution in [3.8, 4) is 0 Å². The Hall–Kier alpha value is -3.10. The Balaban J connectivity index is 1.47. The van der Waals surface area contributed by atoms with E-state index in [4.69, 9.17) is 14.2 Å². The van der Waals surface area contributed by atoms with Crippen molar-refractivity contribution < 1.29 is 43.3 Å². The van der Waals surface area contributed by atoms with Crippen LogP contribution in [0, 0.1) is 23.7 Å². The zero-order valence-corrected chi connectivity index (χ0v) is 45.3. The van der Waals surface area contributed by atoms with Gasteiger partial charge in [0.1, 0.15) is 18.2 Å². The lowest BCUT2D eigenvalue weighted by atomic mass is 9.89. The Morgan fingerprint density at radius 3 is 2.12 bits per heavy atom. The number of amides is 5. The van der Waals surface area contributed by atoms with Gasteiger partial charge < -0.3 is 39.8 Å². The van der Waals surface area contributed by atoms with E-state index in [2.05, 4.69) is 44.0 Å². The van der Waals surface area contributed by atoms with Crippen molar-refractivity contribution in [2.45, 2.75) is 154 Å². The minimum atomic E-state index is -0.950. The highest BCUT2D eigenvalue weighted by Gasteiger charge is 2.44. The molecule has 1 aliphatic heterocycles. The molecule has 0 spiro atoms. The first-order valence-electron chi connectivity index (χ1n) is 23.7. The normalized spacial score (nSPS) is 21.2. The number of likely N-dealkylation sites (N-methyl/N-ethyl adjacent to an activating group) is 2. The molecule has 3 N–H and O–H groups in total. The first-order valence-corrected chi connectivity index (χ1v) is 28.5. The van der Waals surface area contributed by atoms with E-state index < -0.39 is 60.4 Å². The van der Waals surface area contributed by atoms with Crippen LogP contribution in [0.5, 0.6) is 0 Å². The second-order valence-electron chi connectivity index (χ2n) is 19.0. The van der Waals surface area contributed by atoms with Crippen molar-refractivity contribution >= 4 is 69.7 Å². The number of benzene rings is 2. The molecule has 2 aromatic rings. The molecule has 0 aromatic heterocycles. The Kier molecular flexibility index (Phi) is 22.6. The Morgan fingerprint density at radius 2 is 1.52 bits per heavy atom. The number of carbonyl (C=O) groups excluding carboxylic acids is 5. The quantitative estimate of drug-likeness (QED) is 0.0726. The van der Waals surface area contributed by atoms with Crippen LogP contribution in [0.25, 0.3) is 0 Å². The third-order valence-corrected chi connectivity index (χ3v) is 17.4. The fourth-order valence-electron chi connectivity index (χ4n) is 9.87. The molecule has 5 amide bonds. The Morgan fingerprint density at radius 1 is 0.866 bits per heavy atom. The van der Waals surface area contributed by atoms with Crippen LogP contribution >= 0.6 is 40.0 Å². The number of nitrogens with one attached hydrogen (secondary N) is 2. The molecule has 4 rings (SSSR count). The van der Waals surface area contributed by atoms with Crippen molar-refractivity contribution in [1.29, 1.82) is 0 Å². The maximum atomic E-state index is 14.7. The van der Waals surface area contributed by atoms with Gasteiger partial charge in [0.05, 0.1) is 54.0 Å². The number of hydrogen-bond acceptors (Lipinski definition) is 11. The second-order valence-corrected chi connectivity index (χ2v) is 24.0. The van der Waals surface area contributed by atoms with Crippen LogP contribution in [0.15, 0.2) is 54.6 Å². The van der Waals surface area contributed by atoms with Gasteiger partial charge in [-0.1, -0.05) is 120 Å². The molecule has 2 aromatic carbocycles. The van der Waals surface area contributed by atoms with E-state index in [-0.39, 0.29) is 59.3 Å². The fourth-order valence-corrected chi connectivity index (χ4v) is 13.5. The minimum absolute atomic E-state index is 0.0273. The maximum Gasteiger partial charge on any atom is 0.410 e. The number of carbonyl (C=O) groups is 5. The summed E-state index contributed by atoms with van der Waals surface area (Å²) in [7, 11) is 9.60. The lowest BCUT2D eigenvalue weighted by Crippen LogP contribution is -2.60. The minimum Gasteiger partial charge on any atom is -0.445 e. The zero-order valence-electron chi connectivity index (χ0n) is 41.5. The number of aryl methyl sites for hydroxylation is 1. The zero-order chi connectivity index (χ0) is 49.7. The Labute approximate surface area is 419 Å². The summed E-state index contributed by atoms with van der Waals surface area (Å²) >= 11 is 2.24. The molecule has 0 bridgehead atoms. The van der Waals surface area contributed by atoms with E-state index in [1.807, 2.05) is 84.0 Å². The summed E-state index contributed by atoms with van der Waals surface area (Å²) < 4.78 is 18.2. The molecule has 1 aliphatic carbocycles. The highest BCUT2D eigenvalue weighted by molar-refractivity contribution is 14.2. The maximum absolute atomic E-state index is 14.7. The lowest BCUT2D eigenvalue weighted by molar-refractivity contribution is -0.148. The van der Waals surface area contributed by atoms with Gasteiger partial charge >= 0.3 is 6.09 Å². The highest BCUT2D eigenvalue weighted by atomic mass is 127. The number of ether oxygens (including phenoxy) is 3. The number of halogens is 1. The first-order chi connectivity index (χ1) is 31.8. The molecule has 0 saturated carbocycles. The number of aliphatic hydroxyl groups excluding tert-OH is 1. The lowest BCUT2D eigenvalue weighted by Gasteiger charge is -2.41. The van der Waals surface area contributed by atoms with Crippen LogP contribution in [0.3, 0.4) is 0 Å². The van der Waals surface area contributed by atoms with Gasteiger partial charge in [0.25, 0.3) is 0 Å². The summed E-state index contributed by atoms with van der Waals surface area (Å²) in [6.07, 6.45) is 0.272. The standard InChI is InChI=1S/C50H76IN5O9S2/c1-13-31(6)43(39(63-11)28-40(57)56-27-19-24-37(56)45(64-12)32(7)47(59)52-33(8)44(58)35-21-15-14-16-22-35)54(9)49(61)41(29(2)3)53-48(60)42(30(4)5)55(10)50(62)65-38-26-25-34-20-17-18-23-36(34)46(38)66-67-51/h14-18,20-23,29-33,37-39,41-46,58H,13,19,24-28H2,1-12H3,(H,52,59)(H,53,60)/t31-,32+,33+,37-,38-,39+,41-,42-,43-,44+,45+,46-/m0/s1. The average molecular weight is 1080 g/mol. The molecule has 2 aliphatic rings. The molecule has 17 heteroatoms. The van der Waals surface area contributed by atoms with Crippen LogP contribution in [0.2, 0.25) is 0 Å². The van der Waals surface area contributed by atoms with Gasteiger partial charge in [-0.2, -0.15) is 0 Å². The summed E-state index contributed by atoms with van der Waals surface area (Å²) in [6, 6.07) is 14.0. The number of nitrogens with zero attached hydrogens (tertiary/aromatic N) is 3. The molecule has 0 unspecified atom stereocenters. The number of methoxy groups -OCH3 is 2. The number of aliphatic hydroxyl groups is 1. The van der Waals surface area contributed by atoms with Gasteiger partial charge in [0, 0.05) is 56.1 Å². The van der Waals surface area contributed by atoms with E-state index >= 15 is 0 Å². The SMILES string of the molecule is CC[C@H](C)[C@@H]([C@@H](CC(=O)N1CCC[C@H]1[C@H](OC)[C@@H](C)C(=O)N[C@H](C)[C@@H](O)c1ccccc1)OC)N(C)C(=O)[C@@H](NC(=O)[C@H](C(C)C)N(C)C(=O)O[C@H]1CCc2ccccc2[C@@H]1SSI)C(C)C. The highest BCUT2D eigenvalue weighted by Crippen LogP contribution is 2.49. The first kappa shape index (κ1) is 56.5. The second kappa shape index (κ2) is 26.8. The molecule has 1 heterocycles. The van der Waals surface area contributed by atoms with Gasteiger partial charge in [-0.25, -0.2) is 4.79 Å². The van der Waals surface area contributed by atoms with Crippen molar-refractivity contribution in [1.82, 2.24) is 25.3 Å².